The van der Waals surface area contributed by atoms with Crippen molar-refractivity contribution in [2.45, 2.75) is 71.1 Å². The summed E-state index contributed by atoms with van der Waals surface area (Å²) in [6, 6.07) is 3.37. The Morgan fingerprint density at radius 1 is 0.800 bits per heavy atom. The van der Waals surface area contributed by atoms with Gasteiger partial charge in [-0.2, -0.15) is 0 Å². The summed E-state index contributed by atoms with van der Waals surface area (Å²) in [6.07, 6.45) is 12.9. The first-order valence-corrected chi connectivity index (χ1v) is 17.0. The van der Waals surface area contributed by atoms with Crippen LogP contribution < -0.4 is 0 Å². The molecule has 0 spiro atoms. The minimum Gasteiger partial charge on any atom is -0.478 e. The van der Waals surface area contributed by atoms with E-state index < -0.39 is 5.97 Å². The van der Waals surface area contributed by atoms with E-state index in [0.29, 0.717) is 21.5 Å². The Hall–Kier alpha value is 0.840. The molecule has 0 radical (unpaired) electrons. The van der Waals surface area contributed by atoms with Crippen molar-refractivity contribution < 1.29 is 19.4 Å². The van der Waals surface area contributed by atoms with E-state index in [-0.39, 0.29) is 11.3 Å². The van der Waals surface area contributed by atoms with Crippen LogP contribution in [0.3, 0.4) is 0 Å². The van der Waals surface area contributed by atoms with E-state index in [1.807, 2.05) is 0 Å². The summed E-state index contributed by atoms with van der Waals surface area (Å²) in [5.41, 5.74) is 0.917. The Kier molecular flexibility index (Phi) is 23.3. The SMILES string of the molecule is CCCCCCCCCCCCOC(=O)c1cc(Br)sc1Br.ClCCl.O=C(O)c1cc(Br)sc1Br. The summed E-state index contributed by atoms with van der Waals surface area (Å²) < 4.78 is 8.53. The molecular formula is C23H30Br4Cl2O4S2. The number of carboxylic acid groups (broad SMARTS) is 1. The van der Waals surface area contributed by atoms with Crippen molar-refractivity contribution in [3.63, 3.8) is 0 Å². The van der Waals surface area contributed by atoms with Crippen LogP contribution in [-0.2, 0) is 4.74 Å². The van der Waals surface area contributed by atoms with Crippen molar-refractivity contribution in [3.05, 3.63) is 38.4 Å². The number of hydrogen-bond donors (Lipinski definition) is 1. The Labute approximate surface area is 260 Å². The number of unbranched alkanes of at least 4 members (excludes halogenated alkanes) is 9. The molecule has 0 saturated carbocycles. The first kappa shape index (κ1) is 35.8. The first-order chi connectivity index (χ1) is 16.7. The van der Waals surface area contributed by atoms with Gasteiger partial charge in [-0.15, -0.1) is 45.9 Å². The van der Waals surface area contributed by atoms with E-state index >= 15 is 0 Å². The molecule has 4 nitrogen and oxygen atoms in total. The maximum Gasteiger partial charge on any atom is 0.340 e. The fourth-order valence-electron chi connectivity index (χ4n) is 2.80. The van der Waals surface area contributed by atoms with Gasteiger partial charge < -0.3 is 9.84 Å². The average Bonchev–Trinajstić information content (AvgIpc) is 3.32. The molecule has 0 aliphatic carbocycles. The second-order valence-corrected chi connectivity index (χ2v) is 15.5. The molecular weight excluding hydrogens is 795 g/mol. The van der Waals surface area contributed by atoms with Crippen LogP contribution >= 0.6 is 110 Å². The highest BCUT2D eigenvalue weighted by Crippen LogP contribution is 2.32. The predicted molar refractivity (Wildman–Crippen MR) is 165 cm³/mol. The zero-order valence-corrected chi connectivity index (χ0v) is 28.9. The van der Waals surface area contributed by atoms with E-state index in [9.17, 15) is 9.59 Å². The van der Waals surface area contributed by atoms with Gasteiger partial charge in [0.25, 0.3) is 0 Å². The summed E-state index contributed by atoms with van der Waals surface area (Å²) >= 11 is 25.4. The highest BCUT2D eigenvalue weighted by atomic mass is 79.9. The number of alkyl halides is 2. The maximum absolute atomic E-state index is 11.9. The van der Waals surface area contributed by atoms with Crippen LogP contribution in [0.25, 0.3) is 0 Å². The Balaban J connectivity index is 0.000000733. The summed E-state index contributed by atoms with van der Waals surface area (Å²) in [5.74, 6) is -1.14. The van der Waals surface area contributed by atoms with Crippen LogP contribution in [0.5, 0.6) is 0 Å². The summed E-state index contributed by atoms with van der Waals surface area (Å²) in [7, 11) is 0. The molecule has 0 aliphatic heterocycles. The van der Waals surface area contributed by atoms with Gasteiger partial charge in [0.2, 0.25) is 0 Å². The number of carbonyl (C=O) groups is 2. The number of hydrogen-bond acceptors (Lipinski definition) is 5. The number of carbonyl (C=O) groups excluding carboxylic acids is 1. The van der Waals surface area contributed by atoms with Crippen LogP contribution in [0, 0.1) is 0 Å². The Morgan fingerprint density at radius 2 is 1.20 bits per heavy atom. The molecule has 2 aromatic heterocycles. The van der Waals surface area contributed by atoms with Gasteiger partial charge >= 0.3 is 11.9 Å². The van der Waals surface area contributed by atoms with E-state index in [1.54, 1.807) is 12.1 Å². The second-order valence-electron chi connectivity index (χ2n) is 7.20. The van der Waals surface area contributed by atoms with Gasteiger partial charge in [0, 0.05) is 0 Å². The van der Waals surface area contributed by atoms with Crippen molar-refractivity contribution >= 4 is 122 Å². The minimum atomic E-state index is -0.908. The molecule has 35 heavy (non-hydrogen) atoms. The van der Waals surface area contributed by atoms with E-state index in [1.165, 1.54) is 74.0 Å². The third-order valence-corrected chi connectivity index (χ3v) is 9.17. The van der Waals surface area contributed by atoms with Crippen molar-refractivity contribution in [3.8, 4) is 0 Å². The molecule has 0 saturated heterocycles. The van der Waals surface area contributed by atoms with Crippen LogP contribution in [0.1, 0.15) is 91.8 Å². The molecule has 0 fully saturated rings. The number of esters is 1. The molecule has 1 N–H and O–H groups in total. The van der Waals surface area contributed by atoms with Crippen molar-refractivity contribution in [2.24, 2.45) is 0 Å². The monoisotopic (exact) mass is 820 g/mol. The molecule has 200 valence electrons. The predicted octanol–water partition coefficient (Wildman–Crippen LogP) is 11.7. The zero-order valence-electron chi connectivity index (χ0n) is 19.4. The molecule has 2 heterocycles. The van der Waals surface area contributed by atoms with Gasteiger partial charge in [0.1, 0.15) is 0 Å². The van der Waals surface area contributed by atoms with Gasteiger partial charge in [-0.1, -0.05) is 64.7 Å². The highest BCUT2D eigenvalue weighted by molar-refractivity contribution is 9.12. The molecule has 12 heteroatoms. The van der Waals surface area contributed by atoms with Gasteiger partial charge in [-0.05, 0) is 82.3 Å². The summed E-state index contributed by atoms with van der Waals surface area (Å²) in [4.78, 5) is 22.3. The lowest BCUT2D eigenvalue weighted by Crippen LogP contribution is -2.05. The average molecular weight is 825 g/mol. The topological polar surface area (TPSA) is 63.6 Å². The van der Waals surface area contributed by atoms with Crippen LogP contribution in [0.2, 0.25) is 0 Å². The quantitative estimate of drug-likeness (QED) is 0.124. The fraction of sp³-hybridized carbons (Fsp3) is 0.565. The second kappa shape index (κ2) is 22.8. The summed E-state index contributed by atoms with van der Waals surface area (Å²) in [5, 5.41) is 8.73. The molecule has 2 rings (SSSR count). The Bertz CT molecular complexity index is 863. The van der Waals surface area contributed by atoms with Crippen molar-refractivity contribution in [1.82, 2.24) is 0 Å². The molecule has 0 bridgehead atoms. The standard InChI is InChI=1S/C17H26Br2O2S.C5H2Br2O2S.CH2Cl2/c1-2-3-4-5-6-7-8-9-10-11-12-21-17(20)14-13-15(18)22-16(14)19;6-3-1-2(5(8)9)4(7)10-3;2-1-3/h13H,2-12H2,1H3;1H,(H,8,9);1H2. The van der Waals surface area contributed by atoms with Crippen molar-refractivity contribution in [2.75, 3.05) is 11.9 Å². The van der Waals surface area contributed by atoms with Gasteiger partial charge in [0.15, 0.2) is 0 Å². The molecule has 0 aliphatic rings. The number of carboxylic acids is 1. The van der Waals surface area contributed by atoms with Crippen molar-refractivity contribution in [1.29, 1.82) is 0 Å². The Morgan fingerprint density at radius 3 is 1.54 bits per heavy atom. The third-order valence-electron chi connectivity index (χ3n) is 4.49. The van der Waals surface area contributed by atoms with Crippen LogP contribution in [-0.4, -0.2) is 29.0 Å². The number of halogens is 6. The van der Waals surface area contributed by atoms with Gasteiger partial charge in [0.05, 0.1) is 38.2 Å². The molecule has 0 amide bonds. The van der Waals surface area contributed by atoms with Crippen LogP contribution in [0.15, 0.2) is 27.3 Å². The minimum absolute atomic E-state index is 0.194. The fourth-order valence-corrected chi connectivity index (χ4v) is 8.34. The van der Waals surface area contributed by atoms with E-state index in [2.05, 4.69) is 70.6 Å². The molecule has 0 unspecified atom stereocenters. The third kappa shape index (κ3) is 17.9. The normalized spacial score (nSPS) is 10.1. The van der Waals surface area contributed by atoms with E-state index in [0.717, 1.165) is 24.2 Å². The lowest BCUT2D eigenvalue weighted by atomic mass is 10.1. The largest absolute Gasteiger partial charge is 0.478 e. The highest BCUT2D eigenvalue weighted by Gasteiger charge is 2.14. The number of rotatable bonds is 13. The van der Waals surface area contributed by atoms with Gasteiger partial charge in [-0.25, -0.2) is 9.59 Å². The smallest absolute Gasteiger partial charge is 0.340 e. The first-order valence-electron chi connectivity index (χ1n) is 11.1. The lowest BCUT2D eigenvalue weighted by molar-refractivity contribution is 0.0497. The number of thiophene rings is 2. The molecule has 0 aromatic carbocycles. The van der Waals surface area contributed by atoms with E-state index in [4.69, 9.17) is 33.0 Å². The van der Waals surface area contributed by atoms with Gasteiger partial charge in [-0.3, -0.25) is 0 Å². The number of aromatic carboxylic acids is 1. The maximum atomic E-state index is 11.9. The molecule has 2 aromatic rings. The van der Waals surface area contributed by atoms with Crippen LogP contribution in [0.4, 0.5) is 0 Å². The lowest BCUT2D eigenvalue weighted by Gasteiger charge is -2.04. The summed E-state index contributed by atoms with van der Waals surface area (Å²) in [6.45, 7) is 2.78. The number of ether oxygens (including phenoxy) is 1. The molecule has 0 atom stereocenters. The zero-order chi connectivity index (χ0) is 26.6.